The van der Waals surface area contributed by atoms with Crippen LogP contribution in [0.2, 0.25) is 5.02 Å². The molecule has 1 heterocycles. The first-order valence-electron chi connectivity index (χ1n) is 10.5. The minimum Gasteiger partial charge on any atom is -0.493 e. The molecule has 4 rings (SSSR count). The molecule has 0 unspecified atom stereocenters. The number of fused-ring (bicyclic) bond motifs is 1. The van der Waals surface area contributed by atoms with Gasteiger partial charge in [-0.3, -0.25) is 9.10 Å². The van der Waals surface area contributed by atoms with Crippen LogP contribution in [0.4, 0.5) is 11.4 Å². The van der Waals surface area contributed by atoms with Gasteiger partial charge in [-0.05, 0) is 48.5 Å². The molecule has 0 saturated heterocycles. The number of nitrogens with zero attached hydrogens (tertiary/aromatic N) is 1. The summed E-state index contributed by atoms with van der Waals surface area (Å²) in [5, 5.41) is 3.15. The number of carbonyl (C=O) groups excluding carboxylic acids is 1. The molecule has 1 amide bonds. The summed E-state index contributed by atoms with van der Waals surface area (Å²) in [6, 6.07) is 15.3. The van der Waals surface area contributed by atoms with Crippen LogP contribution in [0, 0.1) is 0 Å². The first-order chi connectivity index (χ1) is 16.8. The number of halogens is 1. The van der Waals surface area contributed by atoms with E-state index in [4.69, 9.17) is 30.5 Å². The van der Waals surface area contributed by atoms with Crippen LogP contribution < -0.4 is 28.6 Å². The Morgan fingerprint density at radius 1 is 0.943 bits per heavy atom. The fourth-order valence-electron chi connectivity index (χ4n) is 3.48. The fraction of sp³-hybridized carbons (Fsp3) is 0.208. The molecule has 0 spiro atoms. The van der Waals surface area contributed by atoms with Gasteiger partial charge in [0.1, 0.15) is 19.8 Å². The number of benzene rings is 3. The van der Waals surface area contributed by atoms with Crippen LogP contribution in [0.25, 0.3) is 0 Å². The largest absolute Gasteiger partial charge is 0.493 e. The van der Waals surface area contributed by atoms with Crippen molar-refractivity contribution in [2.24, 2.45) is 0 Å². The topological polar surface area (TPSA) is 103 Å². The molecule has 0 radical (unpaired) electrons. The lowest BCUT2D eigenvalue weighted by Crippen LogP contribution is -2.38. The molecule has 35 heavy (non-hydrogen) atoms. The summed E-state index contributed by atoms with van der Waals surface area (Å²) in [6.45, 7) is 0.355. The number of anilines is 2. The minimum atomic E-state index is -4.18. The Bertz CT molecular complexity index is 1330. The van der Waals surface area contributed by atoms with Crippen molar-refractivity contribution in [2.45, 2.75) is 4.90 Å². The van der Waals surface area contributed by atoms with Gasteiger partial charge in [-0.25, -0.2) is 8.42 Å². The van der Waals surface area contributed by atoms with E-state index >= 15 is 0 Å². The third-order valence-electron chi connectivity index (χ3n) is 5.17. The number of hydrogen-bond donors (Lipinski definition) is 1. The van der Waals surface area contributed by atoms with Crippen molar-refractivity contribution in [1.82, 2.24) is 0 Å². The van der Waals surface area contributed by atoms with Crippen LogP contribution >= 0.6 is 11.6 Å². The van der Waals surface area contributed by atoms with E-state index in [9.17, 15) is 13.2 Å². The van der Waals surface area contributed by atoms with Crippen LogP contribution in [0.15, 0.2) is 65.6 Å². The lowest BCUT2D eigenvalue weighted by molar-refractivity contribution is -0.114. The zero-order valence-corrected chi connectivity index (χ0v) is 20.6. The smallest absolute Gasteiger partial charge is 0.264 e. The number of amides is 1. The number of ether oxygens (including phenoxy) is 4. The van der Waals surface area contributed by atoms with E-state index in [1.807, 2.05) is 0 Å². The summed E-state index contributed by atoms with van der Waals surface area (Å²) in [7, 11) is -1.32. The maximum absolute atomic E-state index is 13.6. The predicted molar refractivity (Wildman–Crippen MR) is 132 cm³/mol. The molecule has 0 saturated carbocycles. The van der Waals surface area contributed by atoms with E-state index in [1.54, 1.807) is 30.3 Å². The maximum Gasteiger partial charge on any atom is 0.264 e. The molecule has 1 N–H and O–H groups in total. The summed E-state index contributed by atoms with van der Waals surface area (Å²) >= 11 is 5.99. The van der Waals surface area contributed by atoms with Gasteiger partial charge in [0.2, 0.25) is 5.91 Å². The Balaban J connectivity index is 1.64. The average Bonchev–Trinajstić information content (AvgIpc) is 2.87. The lowest BCUT2D eigenvalue weighted by atomic mass is 10.2. The van der Waals surface area contributed by atoms with Crippen molar-refractivity contribution in [3.05, 3.63) is 65.7 Å². The molecule has 0 bridgehead atoms. The van der Waals surface area contributed by atoms with Crippen molar-refractivity contribution in [3.63, 3.8) is 0 Å². The Morgan fingerprint density at radius 2 is 1.63 bits per heavy atom. The summed E-state index contributed by atoms with van der Waals surface area (Å²) in [5.74, 6) is 1.14. The minimum absolute atomic E-state index is 0.0720. The molecule has 0 atom stereocenters. The van der Waals surface area contributed by atoms with Gasteiger partial charge in [-0.2, -0.15) is 0 Å². The third kappa shape index (κ3) is 5.39. The maximum atomic E-state index is 13.6. The molecule has 0 aromatic heterocycles. The zero-order chi connectivity index (χ0) is 25.0. The van der Waals surface area contributed by atoms with Gasteiger partial charge in [0.15, 0.2) is 23.0 Å². The Hall–Kier alpha value is -3.63. The van der Waals surface area contributed by atoms with E-state index in [0.717, 1.165) is 4.31 Å². The lowest BCUT2D eigenvalue weighted by Gasteiger charge is -2.25. The molecule has 184 valence electrons. The van der Waals surface area contributed by atoms with Crippen molar-refractivity contribution >= 4 is 38.9 Å². The van der Waals surface area contributed by atoms with E-state index in [0.29, 0.717) is 41.2 Å². The number of hydrogen-bond acceptors (Lipinski definition) is 7. The summed E-state index contributed by atoms with van der Waals surface area (Å²) < 4.78 is 49.8. The highest BCUT2D eigenvalue weighted by Crippen LogP contribution is 2.34. The Labute approximate surface area is 208 Å². The van der Waals surface area contributed by atoms with Gasteiger partial charge in [0.25, 0.3) is 10.0 Å². The first-order valence-corrected chi connectivity index (χ1v) is 12.3. The van der Waals surface area contributed by atoms with Gasteiger partial charge in [-0.1, -0.05) is 11.6 Å². The normalized spacial score (nSPS) is 12.5. The number of rotatable bonds is 8. The summed E-state index contributed by atoms with van der Waals surface area (Å²) in [5.41, 5.74) is 0.709. The fourth-order valence-corrected chi connectivity index (χ4v) is 5.04. The number of methoxy groups -OCH3 is 2. The number of sulfonamides is 1. The monoisotopic (exact) mass is 518 g/mol. The van der Waals surface area contributed by atoms with Gasteiger partial charge < -0.3 is 24.3 Å². The van der Waals surface area contributed by atoms with Crippen LogP contribution in [-0.4, -0.2) is 48.3 Å². The molecule has 1 aliphatic rings. The Kier molecular flexibility index (Phi) is 7.23. The second kappa shape index (κ2) is 10.3. The first kappa shape index (κ1) is 24.5. The second-order valence-corrected chi connectivity index (χ2v) is 9.71. The predicted octanol–water partition coefficient (Wildman–Crippen LogP) is 3.96. The van der Waals surface area contributed by atoms with Crippen LogP contribution in [-0.2, 0) is 14.8 Å². The van der Waals surface area contributed by atoms with Crippen LogP contribution in [0.1, 0.15) is 0 Å². The second-order valence-electron chi connectivity index (χ2n) is 7.41. The summed E-state index contributed by atoms with van der Waals surface area (Å²) in [4.78, 5) is 12.9. The Morgan fingerprint density at radius 3 is 2.31 bits per heavy atom. The van der Waals surface area contributed by atoms with Crippen molar-refractivity contribution < 1.29 is 32.2 Å². The van der Waals surface area contributed by atoms with Crippen molar-refractivity contribution in [3.8, 4) is 23.0 Å². The number of nitrogens with one attached hydrogen (secondary N) is 1. The molecular formula is C24H23ClN2O7S. The molecule has 1 aliphatic heterocycles. The van der Waals surface area contributed by atoms with Gasteiger partial charge >= 0.3 is 0 Å². The van der Waals surface area contributed by atoms with E-state index < -0.39 is 22.5 Å². The van der Waals surface area contributed by atoms with Gasteiger partial charge in [0, 0.05) is 22.8 Å². The van der Waals surface area contributed by atoms with E-state index in [-0.39, 0.29) is 16.3 Å². The molecule has 0 fully saturated rings. The standard InChI is InChI=1S/C24H23ClN2O7S/c1-31-20-10-8-19(14-22(20)32-2)35(29,30)27(18-6-3-16(25)4-7-18)15-24(28)26-17-5-9-21-23(13-17)34-12-11-33-21/h3-10,13-14H,11-12,15H2,1-2H3,(H,26,28). The highest BCUT2D eigenvalue weighted by molar-refractivity contribution is 7.92. The molecular weight excluding hydrogens is 496 g/mol. The van der Waals surface area contributed by atoms with Gasteiger partial charge in [0.05, 0.1) is 24.8 Å². The van der Waals surface area contributed by atoms with Crippen molar-refractivity contribution in [2.75, 3.05) is 43.6 Å². The molecule has 0 aliphatic carbocycles. The third-order valence-corrected chi connectivity index (χ3v) is 7.19. The van der Waals surface area contributed by atoms with E-state index in [2.05, 4.69) is 5.32 Å². The number of carbonyl (C=O) groups is 1. The molecule has 3 aromatic carbocycles. The van der Waals surface area contributed by atoms with Crippen LogP contribution in [0.5, 0.6) is 23.0 Å². The highest BCUT2D eigenvalue weighted by atomic mass is 35.5. The van der Waals surface area contributed by atoms with Gasteiger partial charge in [-0.15, -0.1) is 0 Å². The average molecular weight is 519 g/mol. The highest BCUT2D eigenvalue weighted by Gasteiger charge is 2.28. The molecule has 11 heteroatoms. The van der Waals surface area contributed by atoms with Crippen LogP contribution in [0.3, 0.4) is 0 Å². The van der Waals surface area contributed by atoms with E-state index in [1.165, 1.54) is 44.6 Å². The SMILES string of the molecule is COc1ccc(S(=O)(=O)N(CC(=O)Nc2ccc3c(c2)OCCO3)c2ccc(Cl)cc2)cc1OC. The molecule has 9 nitrogen and oxygen atoms in total. The van der Waals surface area contributed by atoms with Crippen molar-refractivity contribution in [1.29, 1.82) is 0 Å². The zero-order valence-electron chi connectivity index (χ0n) is 19.0. The quantitative estimate of drug-likeness (QED) is 0.481. The summed E-state index contributed by atoms with van der Waals surface area (Å²) in [6.07, 6.45) is 0. The molecule has 3 aromatic rings.